The van der Waals surface area contributed by atoms with Gasteiger partial charge in [-0.1, -0.05) is 24.3 Å². The molecule has 1 fully saturated rings. The Morgan fingerprint density at radius 2 is 1.68 bits per heavy atom. The van der Waals surface area contributed by atoms with Gasteiger partial charge in [-0.3, -0.25) is 0 Å². The largest absolute Gasteiger partial charge is 0.393 e. The molecule has 4 atom stereocenters. The summed E-state index contributed by atoms with van der Waals surface area (Å²) in [5.41, 5.74) is -1.82. The highest BCUT2D eigenvalue weighted by atomic mass is 16.6. The van der Waals surface area contributed by atoms with Gasteiger partial charge in [-0.15, -0.1) is 26.3 Å². The minimum absolute atomic E-state index is 0.0556. The van der Waals surface area contributed by atoms with Crippen LogP contribution in [0.3, 0.4) is 0 Å². The Hall–Kier alpha value is -1.28. The van der Waals surface area contributed by atoms with E-state index in [1.54, 1.807) is 6.92 Å². The van der Waals surface area contributed by atoms with Crippen molar-refractivity contribution in [3.8, 4) is 0 Å². The maximum absolute atomic E-state index is 9.05. The third kappa shape index (κ3) is 13.7. The van der Waals surface area contributed by atoms with Crippen LogP contribution in [0.5, 0.6) is 0 Å². The summed E-state index contributed by atoms with van der Waals surface area (Å²) in [4.78, 5) is 0. The summed E-state index contributed by atoms with van der Waals surface area (Å²) in [6, 6.07) is 0. The molecular weight excluding hydrogens is 324 g/mol. The molecule has 1 rings (SSSR count). The average Bonchev–Trinajstić information content (AvgIpc) is 3.38. The molecular formula is C19H34O6. The summed E-state index contributed by atoms with van der Waals surface area (Å²) in [5, 5.41) is 35.0. The van der Waals surface area contributed by atoms with Gasteiger partial charge < -0.3 is 29.9 Å². The van der Waals surface area contributed by atoms with Gasteiger partial charge >= 0.3 is 0 Å². The third-order valence-corrected chi connectivity index (χ3v) is 3.39. The molecule has 0 amide bonds. The van der Waals surface area contributed by atoms with Crippen LogP contribution in [-0.2, 0) is 9.47 Å². The predicted octanol–water partition coefficient (Wildman–Crippen LogP) is 1.36. The third-order valence-electron chi connectivity index (χ3n) is 3.39. The second kappa shape index (κ2) is 12.1. The molecule has 0 radical (unpaired) electrons. The van der Waals surface area contributed by atoms with Crippen molar-refractivity contribution in [1.29, 1.82) is 0 Å². The van der Waals surface area contributed by atoms with Gasteiger partial charge in [-0.25, -0.2) is 0 Å². The molecule has 0 saturated carbocycles. The number of epoxide rings is 1. The van der Waals surface area contributed by atoms with E-state index in [4.69, 9.17) is 29.9 Å². The topological polar surface area (TPSA) is 103 Å². The maximum Gasteiger partial charge on any atom is 0.107 e. The Morgan fingerprint density at radius 1 is 1.16 bits per heavy atom. The lowest BCUT2D eigenvalue weighted by molar-refractivity contribution is -0.0573. The lowest BCUT2D eigenvalue weighted by Gasteiger charge is -2.24. The predicted molar refractivity (Wildman–Crippen MR) is 100 cm³/mol. The zero-order chi connectivity index (χ0) is 20.1. The van der Waals surface area contributed by atoms with Crippen molar-refractivity contribution < 1.29 is 29.9 Å². The van der Waals surface area contributed by atoms with Gasteiger partial charge in [-0.2, -0.15) is 0 Å². The van der Waals surface area contributed by atoms with Crippen molar-refractivity contribution in [1.82, 2.24) is 0 Å². The summed E-state index contributed by atoms with van der Waals surface area (Å²) < 4.78 is 10.1. The van der Waals surface area contributed by atoms with Crippen molar-refractivity contribution in [2.24, 2.45) is 0 Å². The fourth-order valence-electron chi connectivity index (χ4n) is 0.809. The van der Waals surface area contributed by atoms with Crippen LogP contribution in [0, 0.1) is 0 Å². The van der Waals surface area contributed by atoms with Crippen LogP contribution in [0.1, 0.15) is 20.8 Å². The number of ether oxygens (including phenoxy) is 2. The molecule has 4 N–H and O–H groups in total. The van der Waals surface area contributed by atoms with E-state index in [9.17, 15) is 0 Å². The number of hydrogen-bond donors (Lipinski definition) is 4. The zero-order valence-corrected chi connectivity index (χ0v) is 15.6. The van der Waals surface area contributed by atoms with Crippen molar-refractivity contribution in [2.75, 3.05) is 26.4 Å². The highest BCUT2D eigenvalue weighted by Gasteiger charge is 2.34. The Kier molecular flexibility index (Phi) is 12.6. The van der Waals surface area contributed by atoms with Gasteiger partial charge in [0.25, 0.3) is 0 Å². The van der Waals surface area contributed by atoms with Crippen molar-refractivity contribution in [2.45, 2.75) is 43.7 Å². The van der Waals surface area contributed by atoms with Crippen molar-refractivity contribution in [3.05, 3.63) is 50.6 Å². The molecule has 0 aromatic rings. The monoisotopic (exact) mass is 358 g/mol. The Bertz CT molecular complexity index is 414. The average molecular weight is 358 g/mol. The quantitative estimate of drug-likeness (QED) is 0.367. The molecule has 6 heteroatoms. The van der Waals surface area contributed by atoms with E-state index in [1.807, 2.05) is 13.0 Å². The number of aliphatic hydroxyl groups excluding tert-OH is 3. The van der Waals surface area contributed by atoms with Crippen LogP contribution in [0.15, 0.2) is 50.6 Å². The smallest absolute Gasteiger partial charge is 0.107 e. The van der Waals surface area contributed by atoms with Crippen LogP contribution in [0.4, 0.5) is 0 Å². The molecule has 146 valence electrons. The normalized spacial score (nSPS) is 23.8. The molecule has 25 heavy (non-hydrogen) atoms. The SMILES string of the molecule is C=CC(C)(O)CO.C=CC(O)COC(C)(C=C)CO.C=CC1(C)CO1. The van der Waals surface area contributed by atoms with E-state index < -0.39 is 17.3 Å². The Labute approximate surface area is 151 Å². The first-order valence-electron chi connectivity index (χ1n) is 7.90. The van der Waals surface area contributed by atoms with E-state index >= 15 is 0 Å². The fourth-order valence-corrected chi connectivity index (χ4v) is 0.809. The lowest BCUT2D eigenvalue weighted by Crippen LogP contribution is -2.33. The van der Waals surface area contributed by atoms with Gasteiger partial charge in [0.2, 0.25) is 0 Å². The summed E-state index contributed by atoms with van der Waals surface area (Å²) >= 11 is 0. The number of aliphatic hydroxyl groups is 4. The molecule has 0 aliphatic carbocycles. The molecule has 1 heterocycles. The highest BCUT2D eigenvalue weighted by Crippen LogP contribution is 2.25. The fraction of sp³-hybridized carbons (Fsp3) is 0.579. The molecule has 0 aromatic heterocycles. The van der Waals surface area contributed by atoms with Crippen LogP contribution < -0.4 is 0 Å². The highest BCUT2D eigenvalue weighted by molar-refractivity contribution is 5.02. The van der Waals surface area contributed by atoms with E-state index in [1.165, 1.54) is 25.2 Å². The molecule has 0 bridgehead atoms. The van der Waals surface area contributed by atoms with Gasteiger partial charge in [0.15, 0.2) is 0 Å². The van der Waals surface area contributed by atoms with Crippen LogP contribution in [0.2, 0.25) is 0 Å². The first-order chi connectivity index (χ1) is 11.5. The van der Waals surface area contributed by atoms with Crippen LogP contribution in [-0.4, -0.2) is 69.8 Å². The molecule has 1 saturated heterocycles. The second-order valence-electron chi connectivity index (χ2n) is 6.31. The summed E-state index contributed by atoms with van der Waals surface area (Å²) in [7, 11) is 0. The summed E-state index contributed by atoms with van der Waals surface area (Å²) in [6.07, 6.45) is 5.31. The minimum Gasteiger partial charge on any atom is -0.393 e. The van der Waals surface area contributed by atoms with E-state index in [0.29, 0.717) is 0 Å². The first kappa shape index (κ1) is 26.0. The standard InChI is InChI=1S/C9H16O3.C5H10O2.C5H8O/c1-4-8(11)6-12-9(3,5-2)7-10;1-3-5(2,7)4-6;1-3-5(2)4-6-5/h4-5,8,10-11H,1-2,6-7H2,3H3;3,6-7H,1,4H2,2H3;3H,1,4H2,2H3. The first-order valence-corrected chi connectivity index (χ1v) is 7.90. The van der Waals surface area contributed by atoms with E-state index in [-0.39, 0.29) is 25.4 Å². The zero-order valence-electron chi connectivity index (χ0n) is 15.6. The molecule has 0 spiro atoms. The second-order valence-corrected chi connectivity index (χ2v) is 6.31. The number of rotatable bonds is 9. The van der Waals surface area contributed by atoms with Gasteiger partial charge in [-0.05, 0) is 20.8 Å². The Morgan fingerprint density at radius 3 is 1.84 bits per heavy atom. The molecule has 1 aliphatic rings. The van der Waals surface area contributed by atoms with Crippen molar-refractivity contribution in [3.63, 3.8) is 0 Å². The maximum atomic E-state index is 9.05. The van der Waals surface area contributed by atoms with Crippen molar-refractivity contribution >= 4 is 0 Å². The minimum atomic E-state index is -1.10. The van der Waals surface area contributed by atoms with Gasteiger partial charge in [0.1, 0.15) is 16.8 Å². The molecule has 1 aliphatic heterocycles. The van der Waals surface area contributed by atoms with E-state index in [0.717, 1.165) is 6.61 Å². The van der Waals surface area contributed by atoms with Crippen LogP contribution in [0.25, 0.3) is 0 Å². The van der Waals surface area contributed by atoms with Crippen LogP contribution >= 0.6 is 0 Å². The summed E-state index contributed by atoms with van der Waals surface area (Å²) in [5.74, 6) is 0. The van der Waals surface area contributed by atoms with Gasteiger partial charge in [0, 0.05) is 0 Å². The summed E-state index contributed by atoms with van der Waals surface area (Å²) in [6.45, 7) is 19.5. The van der Waals surface area contributed by atoms with E-state index in [2.05, 4.69) is 26.3 Å². The Balaban J connectivity index is 0. The lowest BCUT2D eigenvalue weighted by atomic mass is 10.1. The van der Waals surface area contributed by atoms with Gasteiger partial charge in [0.05, 0.1) is 32.5 Å². The molecule has 0 aromatic carbocycles. The molecule has 4 unspecified atom stereocenters. The molecule has 6 nitrogen and oxygen atoms in total. The number of hydrogen-bond acceptors (Lipinski definition) is 6.